The molecule has 6 heteroatoms. The number of anilines is 1. The molecule has 3 nitrogen and oxygen atoms in total. The maximum absolute atomic E-state index is 13.5. The minimum Gasteiger partial charge on any atom is -0.392 e. The van der Waals surface area contributed by atoms with E-state index in [0.717, 1.165) is 4.90 Å². The van der Waals surface area contributed by atoms with Crippen LogP contribution >= 0.6 is 0 Å². The van der Waals surface area contributed by atoms with E-state index in [2.05, 4.69) is 4.99 Å². The van der Waals surface area contributed by atoms with Crippen LogP contribution in [0.1, 0.15) is 0 Å². The molecule has 0 aliphatic carbocycles. The molecule has 17 heavy (non-hydrogen) atoms. The Bertz CT molecular complexity index is 465. The molecule has 0 fully saturated rings. The highest BCUT2D eigenvalue weighted by Gasteiger charge is 2.23. The second-order valence-electron chi connectivity index (χ2n) is 3.43. The molecule has 0 saturated carbocycles. The number of benzene rings is 1. The summed E-state index contributed by atoms with van der Waals surface area (Å²) in [5.41, 5.74) is -0.432. The zero-order valence-electron chi connectivity index (χ0n) is 8.65. The van der Waals surface area contributed by atoms with E-state index >= 15 is 0 Å². The van der Waals surface area contributed by atoms with Crippen LogP contribution in [-0.4, -0.2) is 24.1 Å². The quantitative estimate of drug-likeness (QED) is 0.858. The van der Waals surface area contributed by atoms with Crippen molar-refractivity contribution in [3.05, 3.63) is 41.9 Å². The molecule has 0 radical (unpaired) electrons. The average Bonchev–Trinajstić information content (AvgIpc) is 2.28. The van der Waals surface area contributed by atoms with Crippen molar-refractivity contribution in [3.63, 3.8) is 0 Å². The largest absolute Gasteiger partial charge is 0.392 e. The summed E-state index contributed by atoms with van der Waals surface area (Å²) in [5, 5.41) is 9.05. The van der Waals surface area contributed by atoms with Gasteiger partial charge in [-0.2, -0.15) is 0 Å². The van der Waals surface area contributed by atoms with E-state index in [1.165, 1.54) is 18.5 Å². The number of aliphatic hydroxyl groups is 1. The van der Waals surface area contributed by atoms with Gasteiger partial charge in [0.05, 0.1) is 6.61 Å². The SMILES string of the molecule is OCC1N=CC=CN1c1c(F)cc(F)cc1F. The van der Waals surface area contributed by atoms with Gasteiger partial charge in [-0.15, -0.1) is 0 Å². The number of aliphatic imine (C=N–C) groups is 1. The molecule has 90 valence electrons. The second kappa shape index (κ2) is 4.58. The van der Waals surface area contributed by atoms with E-state index in [0.29, 0.717) is 12.1 Å². The Morgan fingerprint density at radius 2 is 1.88 bits per heavy atom. The number of hydrogen-bond acceptors (Lipinski definition) is 3. The van der Waals surface area contributed by atoms with E-state index in [1.54, 1.807) is 0 Å². The van der Waals surface area contributed by atoms with Crippen LogP contribution in [0.3, 0.4) is 0 Å². The second-order valence-corrected chi connectivity index (χ2v) is 3.43. The first-order valence-corrected chi connectivity index (χ1v) is 4.87. The first-order chi connectivity index (χ1) is 8.13. The van der Waals surface area contributed by atoms with E-state index in [-0.39, 0.29) is 0 Å². The van der Waals surface area contributed by atoms with Crippen molar-refractivity contribution >= 4 is 11.9 Å². The summed E-state index contributed by atoms with van der Waals surface area (Å²) in [4.78, 5) is 4.96. The fourth-order valence-electron chi connectivity index (χ4n) is 1.59. The van der Waals surface area contributed by atoms with E-state index < -0.39 is 35.9 Å². The summed E-state index contributed by atoms with van der Waals surface area (Å²) in [6, 6.07) is 1.16. The van der Waals surface area contributed by atoms with Crippen molar-refractivity contribution < 1.29 is 18.3 Å². The Morgan fingerprint density at radius 1 is 1.24 bits per heavy atom. The topological polar surface area (TPSA) is 35.8 Å². The Balaban J connectivity index is 2.46. The first-order valence-electron chi connectivity index (χ1n) is 4.87. The molecule has 1 aliphatic rings. The molecule has 1 unspecified atom stereocenters. The van der Waals surface area contributed by atoms with Crippen LogP contribution in [0.4, 0.5) is 18.9 Å². The number of rotatable bonds is 2. The van der Waals surface area contributed by atoms with Crippen LogP contribution in [0, 0.1) is 17.5 Å². The van der Waals surface area contributed by atoms with E-state index in [9.17, 15) is 13.2 Å². The number of aliphatic hydroxyl groups excluding tert-OH is 1. The van der Waals surface area contributed by atoms with Gasteiger partial charge in [0.25, 0.3) is 0 Å². The van der Waals surface area contributed by atoms with Crippen molar-refractivity contribution in [3.8, 4) is 0 Å². The third-order valence-corrected chi connectivity index (χ3v) is 2.32. The molecule has 1 heterocycles. The molecule has 1 aromatic carbocycles. The highest BCUT2D eigenvalue weighted by molar-refractivity contribution is 5.74. The predicted molar refractivity (Wildman–Crippen MR) is 57.3 cm³/mol. The molecule has 1 atom stereocenters. The Morgan fingerprint density at radius 3 is 2.47 bits per heavy atom. The number of allylic oxidation sites excluding steroid dienone is 1. The monoisotopic (exact) mass is 242 g/mol. The minimum atomic E-state index is -1.04. The van der Waals surface area contributed by atoms with Gasteiger partial charge in [0.15, 0.2) is 11.6 Å². The van der Waals surface area contributed by atoms with Crippen LogP contribution < -0.4 is 4.90 Å². The molecule has 0 bridgehead atoms. The van der Waals surface area contributed by atoms with Gasteiger partial charge < -0.3 is 10.0 Å². The summed E-state index contributed by atoms with van der Waals surface area (Å²) in [6.07, 6.45) is 3.44. The third kappa shape index (κ3) is 2.16. The lowest BCUT2D eigenvalue weighted by Crippen LogP contribution is -2.35. The van der Waals surface area contributed by atoms with Crippen LogP contribution in [0.2, 0.25) is 0 Å². The molecule has 1 aromatic rings. The Kier molecular flexibility index (Phi) is 3.14. The first kappa shape index (κ1) is 11.7. The molecule has 0 saturated heterocycles. The third-order valence-electron chi connectivity index (χ3n) is 2.32. The average molecular weight is 242 g/mol. The molecule has 0 aromatic heterocycles. The Labute approximate surface area is 95.5 Å². The van der Waals surface area contributed by atoms with Gasteiger partial charge in [0.2, 0.25) is 0 Å². The van der Waals surface area contributed by atoms with E-state index in [1.807, 2.05) is 0 Å². The molecule has 0 spiro atoms. The molecule has 0 amide bonds. The fraction of sp³-hybridized carbons (Fsp3) is 0.182. The zero-order valence-corrected chi connectivity index (χ0v) is 8.65. The van der Waals surface area contributed by atoms with Gasteiger partial charge in [-0.05, 0) is 6.08 Å². The van der Waals surface area contributed by atoms with Crippen molar-refractivity contribution in [1.29, 1.82) is 0 Å². The predicted octanol–water partition coefficient (Wildman–Crippen LogP) is 1.83. The van der Waals surface area contributed by atoms with Crippen LogP contribution in [0.15, 0.2) is 29.4 Å². The molecule has 1 N–H and O–H groups in total. The standard InChI is InChI=1S/C11H9F3N2O/c12-7-4-8(13)11(9(14)5-7)16-3-1-2-15-10(16)6-17/h1-5,10,17H,6H2. The van der Waals surface area contributed by atoms with Crippen molar-refractivity contribution in [2.75, 3.05) is 11.5 Å². The van der Waals surface area contributed by atoms with Crippen molar-refractivity contribution in [2.45, 2.75) is 6.17 Å². The lowest BCUT2D eigenvalue weighted by molar-refractivity contribution is 0.267. The zero-order chi connectivity index (χ0) is 12.4. The van der Waals surface area contributed by atoms with Gasteiger partial charge in [-0.25, -0.2) is 13.2 Å². The summed E-state index contributed by atoms with van der Waals surface area (Å²) in [7, 11) is 0. The maximum Gasteiger partial charge on any atom is 0.152 e. The Hall–Kier alpha value is -1.82. The van der Waals surface area contributed by atoms with Crippen LogP contribution in [0.5, 0.6) is 0 Å². The van der Waals surface area contributed by atoms with Crippen LogP contribution in [-0.2, 0) is 0 Å². The maximum atomic E-state index is 13.5. The molecular weight excluding hydrogens is 233 g/mol. The fourth-order valence-corrected chi connectivity index (χ4v) is 1.59. The van der Waals surface area contributed by atoms with Gasteiger partial charge in [-0.3, -0.25) is 4.99 Å². The highest BCUT2D eigenvalue weighted by Crippen LogP contribution is 2.27. The normalized spacial score (nSPS) is 18.8. The summed E-state index contributed by atoms with van der Waals surface area (Å²) < 4.78 is 39.8. The van der Waals surface area contributed by atoms with Gasteiger partial charge in [0, 0.05) is 24.5 Å². The van der Waals surface area contributed by atoms with Gasteiger partial charge >= 0.3 is 0 Å². The summed E-state index contributed by atoms with van der Waals surface area (Å²) >= 11 is 0. The van der Waals surface area contributed by atoms with Crippen molar-refractivity contribution in [1.82, 2.24) is 0 Å². The van der Waals surface area contributed by atoms with Crippen LogP contribution in [0.25, 0.3) is 0 Å². The van der Waals surface area contributed by atoms with E-state index in [4.69, 9.17) is 5.11 Å². The number of hydrogen-bond donors (Lipinski definition) is 1. The number of nitrogens with zero attached hydrogens (tertiary/aromatic N) is 2. The van der Waals surface area contributed by atoms with Gasteiger partial charge in [0.1, 0.15) is 17.7 Å². The lowest BCUT2D eigenvalue weighted by atomic mass is 10.2. The lowest BCUT2D eigenvalue weighted by Gasteiger charge is -2.28. The van der Waals surface area contributed by atoms with Crippen molar-refractivity contribution in [2.24, 2.45) is 4.99 Å². The highest BCUT2D eigenvalue weighted by atomic mass is 19.1. The summed E-state index contributed by atoms with van der Waals surface area (Å²) in [6.45, 7) is -0.406. The molecular formula is C11H9F3N2O. The minimum absolute atomic E-state index is 0.406. The summed E-state index contributed by atoms with van der Waals surface area (Å²) in [5.74, 6) is -3.07. The van der Waals surface area contributed by atoms with Gasteiger partial charge in [-0.1, -0.05) is 0 Å². The number of halogens is 3. The molecule has 2 rings (SSSR count). The molecule has 1 aliphatic heterocycles. The smallest absolute Gasteiger partial charge is 0.152 e.